The van der Waals surface area contributed by atoms with E-state index in [0.29, 0.717) is 6.04 Å². The molecule has 1 N–H and O–H groups in total. The van der Waals surface area contributed by atoms with Crippen LogP contribution < -0.4 is 5.32 Å². The lowest BCUT2D eigenvalue weighted by Crippen LogP contribution is -2.54. The van der Waals surface area contributed by atoms with Gasteiger partial charge in [0.05, 0.1) is 0 Å². The Kier molecular flexibility index (Phi) is 3.03. The van der Waals surface area contributed by atoms with Crippen LogP contribution in [0.4, 0.5) is 0 Å². The van der Waals surface area contributed by atoms with Gasteiger partial charge in [0.1, 0.15) is 6.10 Å². The van der Waals surface area contributed by atoms with Crippen LogP contribution in [0.3, 0.4) is 0 Å². The van der Waals surface area contributed by atoms with Crippen LogP contribution in [0.25, 0.3) is 0 Å². The lowest BCUT2D eigenvalue weighted by molar-refractivity contribution is -0.143. The van der Waals surface area contributed by atoms with E-state index in [1.54, 1.807) is 0 Å². The van der Waals surface area contributed by atoms with Crippen molar-refractivity contribution < 1.29 is 9.53 Å². The summed E-state index contributed by atoms with van der Waals surface area (Å²) in [6.07, 6.45) is 1.77. The lowest BCUT2D eigenvalue weighted by Gasteiger charge is -2.35. The summed E-state index contributed by atoms with van der Waals surface area (Å²) in [6, 6.07) is 0.306. The van der Waals surface area contributed by atoms with E-state index in [0.717, 1.165) is 39.1 Å². The number of rotatable bonds is 1. The summed E-state index contributed by atoms with van der Waals surface area (Å²) in [5.74, 6) is 0.191. The Morgan fingerprint density at radius 1 is 1.57 bits per heavy atom. The molecule has 1 amide bonds. The van der Waals surface area contributed by atoms with Crippen molar-refractivity contribution in [2.45, 2.75) is 31.9 Å². The van der Waals surface area contributed by atoms with Crippen molar-refractivity contribution in [3.8, 4) is 0 Å². The highest BCUT2D eigenvalue weighted by molar-refractivity contribution is 5.81. The molecule has 1 unspecified atom stereocenters. The Hall–Kier alpha value is -0.610. The van der Waals surface area contributed by atoms with Crippen molar-refractivity contribution >= 4 is 5.91 Å². The summed E-state index contributed by atoms with van der Waals surface area (Å²) >= 11 is 0. The first-order valence-electron chi connectivity index (χ1n) is 5.42. The van der Waals surface area contributed by atoms with E-state index in [1.165, 1.54) is 0 Å². The number of piperazine rings is 1. The number of ether oxygens (including phenoxy) is 1. The van der Waals surface area contributed by atoms with E-state index in [2.05, 4.69) is 12.2 Å². The maximum absolute atomic E-state index is 12.0. The normalized spacial score (nSPS) is 33.4. The second-order valence-corrected chi connectivity index (χ2v) is 4.09. The highest BCUT2D eigenvalue weighted by atomic mass is 16.5. The largest absolute Gasteiger partial charge is 0.368 e. The van der Waals surface area contributed by atoms with Crippen molar-refractivity contribution in [1.29, 1.82) is 0 Å². The Bertz CT molecular complexity index is 214. The number of nitrogens with zero attached hydrogens (tertiary/aromatic N) is 1. The van der Waals surface area contributed by atoms with Gasteiger partial charge >= 0.3 is 0 Å². The van der Waals surface area contributed by atoms with Crippen molar-refractivity contribution in [1.82, 2.24) is 10.2 Å². The van der Waals surface area contributed by atoms with Crippen molar-refractivity contribution in [3.63, 3.8) is 0 Å². The zero-order valence-electron chi connectivity index (χ0n) is 8.66. The fourth-order valence-electron chi connectivity index (χ4n) is 2.13. The van der Waals surface area contributed by atoms with Crippen molar-refractivity contribution in [3.05, 3.63) is 0 Å². The minimum atomic E-state index is -0.157. The maximum Gasteiger partial charge on any atom is 0.252 e. The summed E-state index contributed by atoms with van der Waals surface area (Å²) in [5, 5.41) is 3.28. The number of carbonyl (C=O) groups is 1. The van der Waals surface area contributed by atoms with Gasteiger partial charge in [-0.2, -0.15) is 0 Å². The Morgan fingerprint density at radius 2 is 2.43 bits per heavy atom. The molecule has 2 aliphatic rings. The predicted octanol–water partition coefficient (Wildman–Crippen LogP) is -0.0143. The molecule has 0 spiro atoms. The molecule has 4 heteroatoms. The molecule has 0 radical (unpaired) electrons. The van der Waals surface area contributed by atoms with E-state index in [1.807, 2.05) is 4.90 Å². The van der Waals surface area contributed by atoms with E-state index in [-0.39, 0.29) is 12.0 Å². The standard InChI is InChI=1S/C10H18N2O2/c1-8-7-11-4-5-12(8)10(13)9-3-2-6-14-9/h8-9,11H,2-7H2,1H3/t8-,9?/m1/s1. The third kappa shape index (κ3) is 1.91. The molecule has 2 saturated heterocycles. The number of nitrogens with one attached hydrogen (secondary N) is 1. The third-order valence-corrected chi connectivity index (χ3v) is 2.99. The van der Waals surface area contributed by atoms with E-state index >= 15 is 0 Å². The minimum absolute atomic E-state index is 0.157. The number of hydrogen-bond donors (Lipinski definition) is 1. The topological polar surface area (TPSA) is 41.6 Å². The average molecular weight is 198 g/mol. The summed E-state index contributed by atoms with van der Waals surface area (Å²) < 4.78 is 5.40. The lowest BCUT2D eigenvalue weighted by atomic mass is 10.1. The van der Waals surface area contributed by atoms with Gasteiger partial charge in [0.15, 0.2) is 0 Å². The molecular formula is C10H18N2O2. The van der Waals surface area contributed by atoms with Gasteiger partial charge in [0, 0.05) is 32.3 Å². The van der Waals surface area contributed by atoms with E-state index in [4.69, 9.17) is 4.74 Å². The molecule has 0 saturated carbocycles. The van der Waals surface area contributed by atoms with Crippen LogP contribution in [0, 0.1) is 0 Å². The Balaban J connectivity index is 1.94. The molecule has 14 heavy (non-hydrogen) atoms. The zero-order valence-corrected chi connectivity index (χ0v) is 8.66. The third-order valence-electron chi connectivity index (χ3n) is 2.99. The van der Waals surface area contributed by atoms with Crippen LogP contribution in [0.15, 0.2) is 0 Å². The van der Waals surface area contributed by atoms with Crippen molar-refractivity contribution in [2.75, 3.05) is 26.2 Å². The minimum Gasteiger partial charge on any atom is -0.368 e. The van der Waals surface area contributed by atoms with Crippen LogP contribution in [-0.4, -0.2) is 49.2 Å². The van der Waals surface area contributed by atoms with Crippen LogP contribution >= 0.6 is 0 Å². The molecule has 2 rings (SSSR count). The molecule has 80 valence electrons. The first-order valence-corrected chi connectivity index (χ1v) is 5.42. The van der Waals surface area contributed by atoms with Gasteiger partial charge in [-0.15, -0.1) is 0 Å². The SMILES string of the molecule is C[C@@H]1CNCCN1C(=O)C1CCCO1. The Labute approximate surface area is 84.6 Å². The summed E-state index contributed by atoms with van der Waals surface area (Å²) in [5.41, 5.74) is 0. The number of hydrogen-bond acceptors (Lipinski definition) is 3. The molecule has 0 bridgehead atoms. The molecule has 4 nitrogen and oxygen atoms in total. The maximum atomic E-state index is 12.0. The molecule has 0 aromatic rings. The van der Waals surface area contributed by atoms with Gasteiger partial charge in [0.2, 0.25) is 0 Å². The predicted molar refractivity (Wildman–Crippen MR) is 53.0 cm³/mol. The number of amides is 1. The van der Waals surface area contributed by atoms with Gasteiger partial charge in [0.25, 0.3) is 5.91 Å². The van der Waals surface area contributed by atoms with Crippen LogP contribution in [0.2, 0.25) is 0 Å². The smallest absolute Gasteiger partial charge is 0.252 e. The van der Waals surface area contributed by atoms with Crippen LogP contribution in [0.5, 0.6) is 0 Å². The molecule has 0 aromatic heterocycles. The summed E-state index contributed by atoms with van der Waals surface area (Å²) in [6.45, 7) is 5.46. The molecule has 2 heterocycles. The van der Waals surface area contributed by atoms with Crippen molar-refractivity contribution in [2.24, 2.45) is 0 Å². The molecule has 0 aromatic carbocycles. The highest BCUT2D eigenvalue weighted by Gasteiger charge is 2.31. The average Bonchev–Trinajstić information content (AvgIpc) is 2.70. The van der Waals surface area contributed by atoms with Gasteiger partial charge in [-0.25, -0.2) is 0 Å². The summed E-state index contributed by atoms with van der Waals surface area (Å²) in [4.78, 5) is 13.9. The fraction of sp³-hybridized carbons (Fsp3) is 0.900. The second-order valence-electron chi connectivity index (χ2n) is 4.09. The molecule has 2 fully saturated rings. The second kappa shape index (κ2) is 4.28. The van der Waals surface area contributed by atoms with Gasteiger partial charge < -0.3 is 15.0 Å². The zero-order chi connectivity index (χ0) is 9.97. The first kappa shape index (κ1) is 9.93. The first-order chi connectivity index (χ1) is 6.79. The number of carbonyl (C=O) groups excluding carboxylic acids is 1. The highest BCUT2D eigenvalue weighted by Crippen LogP contribution is 2.16. The molecule has 0 aliphatic carbocycles. The van der Waals surface area contributed by atoms with Gasteiger partial charge in [-0.1, -0.05) is 0 Å². The quantitative estimate of drug-likeness (QED) is 0.644. The van der Waals surface area contributed by atoms with Crippen LogP contribution in [-0.2, 0) is 9.53 Å². The van der Waals surface area contributed by atoms with E-state index in [9.17, 15) is 4.79 Å². The monoisotopic (exact) mass is 198 g/mol. The molecular weight excluding hydrogens is 180 g/mol. The van der Waals surface area contributed by atoms with Gasteiger partial charge in [-0.3, -0.25) is 4.79 Å². The molecule has 2 aliphatic heterocycles. The van der Waals surface area contributed by atoms with E-state index < -0.39 is 0 Å². The van der Waals surface area contributed by atoms with Gasteiger partial charge in [-0.05, 0) is 19.8 Å². The Morgan fingerprint density at radius 3 is 3.07 bits per heavy atom. The fourth-order valence-corrected chi connectivity index (χ4v) is 2.13. The van der Waals surface area contributed by atoms with Crippen LogP contribution in [0.1, 0.15) is 19.8 Å². The summed E-state index contributed by atoms with van der Waals surface area (Å²) in [7, 11) is 0. The molecule has 2 atom stereocenters.